The Balaban J connectivity index is 2.04. The number of carboxylic acid groups (broad SMARTS) is 1. The second-order valence-corrected chi connectivity index (χ2v) is 5.40. The first-order chi connectivity index (χ1) is 10.1. The molecule has 1 atom stereocenters. The number of carbonyl (C=O) groups excluding carboxylic acids is 1. The molecule has 1 aliphatic carbocycles. The van der Waals surface area contributed by atoms with E-state index in [4.69, 9.17) is 9.84 Å². The smallest absolute Gasteiger partial charge is 0.326 e. The van der Waals surface area contributed by atoms with E-state index in [0.717, 1.165) is 0 Å². The number of nitrogens with one attached hydrogen (secondary N) is 1. The lowest BCUT2D eigenvalue weighted by atomic mass is 10.1. The molecule has 2 N–H and O–H groups in total. The quantitative estimate of drug-likeness (QED) is 0.771. The molecule has 5 heteroatoms. The Hall–Kier alpha value is -2.04. The van der Waals surface area contributed by atoms with Crippen LogP contribution in [-0.4, -0.2) is 29.6 Å². The van der Waals surface area contributed by atoms with Gasteiger partial charge in [-0.3, -0.25) is 4.79 Å². The zero-order valence-corrected chi connectivity index (χ0v) is 12.2. The summed E-state index contributed by atoms with van der Waals surface area (Å²) < 4.78 is 5.68. The first kappa shape index (κ1) is 15.4. The van der Waals surface area contributed by atoms with Gasteiger partial charge in [-0.05, 0) is 37.3 Å². The fourth-order valence-electron chi connectivity index (χ4n) is 2.05. The van der Waals surface area contributed by atoms with Gasteiger partial charge >= 0.3 is 5.97 Å². The monoisotopic (exact) mass is 291 g/mol. The second kappa shape index (κ2) is 7.11. The zero-order valence-electron chi connectivity index (χ0n) is 12.2. The van der Waals surface area contributed by atoms with Gasteiger partial charge < -0.3 is 15.2 Å². The Morgan fingerprint density at radius 1 is 1.38 bits per heavy atom. The number of amides is 1. The summed E-state index contributed by atoms with van der Waals surface area (Å²) in [5.41, 5.74) is 0.389. The number of rotatable bonds is 8. The summed E-state index contributed by atoms with van der Waals surface area (Å²) in [4.78, 5) is 23.4. The third-order valence-corrected chi connectivity index (χ3v) is 3.48. The number of ether oxygens (including phenoxy) is 1. The van der Waals surface area contributed by atoms with Crippen molar-refractivity contribution in [2.75, 3.05) is 6.61 Å². The number of aliphatic carboxylic acids is 1. The van der Waals surface area contributed by atoms with Crippen LogP contribution in [0.15, 0.2) is 24.3 Å². The minimum Gasteiger partial charge on any atom is -0.492 e. The molecule has 1 amide bonds. The molecule has 1 fully saturated rings. The van der Waals surface area contributed by atoms with Crippen LogP contribution in [0.5, 0.6) is 5.75 Å². The summed E-state index contributed by atoms with van der Waals surface area (Å²) in [5, 5.41) is 11.7. The van der Waals surface area contributed by atoms with E-state index in [-0.39, 0.29) is 0 Å². The third kappa shape index (κ3) is 4.48. The van der Waals surface area contributed by atoms with Crippen molar-refractivity contribution in [2.24, 2.45) is 5.92 Å². The number of para-hydroxylation sites is 1. The van der Waals surface area contributed by atoms with Crippen LogP contribution in [0, 0.1) is 5.92 Å². The van der Waals surface area contributed by atoms with Gasteiger partial charge in [-0.15, -0.1) is 0 Å². The van der Waals surface area contributed by atoms with Crippen LogP contribution in [0.25, 0.3) is 0 Å². The lowest BCUT2D eigenvalue weighted by molar-refractivity contribution is -0.139. The van der Waals surface area contributed by atoms with Gasteiger partial charge in [0.25, 0.3) is 5.91 Å². The molecular formula is C16H21NO4. The molecule has 1 aromatic carbocycles. The van der Waals surface area contributed by atoms with Gasteiger partial charge in [0, 0.05) is 0 Å². The highest BCUT2D eigenvalue weighted by Crippen LogP contribution is 2.30. The summed E-state index contributed by atoms with van der Waals surface area (Å²) in [7, 11) is 0. The van der Waals surface area contributed by atoms with E-state index in [9.17, 15) is 9.59 Å². The molecular weight excluding hydrogens is 270 g/mol. The van der Waals surface area contributed by atoms with E-state index < -0.39 is 17.9 Å². The fraction of sp³-hybridized carbons (Fsp3) is 0.500. The molecule has 0 bridgehead atoms. The van der Waals surface area contributed by atoms with Crippen molar-refractivity contribution in [1.29, 1.82) is 0 Å². The van der Waals surface area contributed by atoms with Gasteiger partial charge in [0.2, 0.25) is 0 Å². The molecule has 1 aliphatic rings. The van der Waals surface area contributed by atoms with Crippen molar-refractivity contribution in [3.05, 3.63) is 29.8 Å². The summed E-state index contributed by atoms with van der Waals surface area (Å²) in [5.74, 6) is -0.306. The fourth-order valence-corrected chi connectivity index (χ4v) is 2.05. The maximum atomic E-state index is 12.3. The number of benzene rings is 1. The van der Waals surface area contributed by atoms with Gasteiger partial charge in [-0.1, -0.05) is 25.5 Å². The molecule has 0 radical (unpaired) electrons. The van der Waals surface area contributed by atoms with E-state index >= 15 is 0 Å². The molecule has 0 aromatic heterocycles. The van der Waals surface area contributed by atoms with Crippen molar-refractivity contribution in [3.63, 3.8) is 0 Å². The van der Waals surface area contributed by atoms with Crippen LogP contribution in [0.2, 0.25) is 0 Å². The predicted molar refractivity (Wildman–Crippen MR) is 78.5 cm³/mol. The number of hydrogen-bond donors (Lipinski definition) is 2. The van der Waals surface area contributed by atoms with Crippen LogP contribution in [-0.2, 0) is 4.79 Å². The van der Waals surface area contributed by atoms with E-state index in [1.165, 1.54) is 12.8 Å². The van der Waals surface area contributed by atoms with Crippen LogP contribution in [0.3, 0.4) is 0 Å². The standard InChI is InChI=1S/C16H21NO4/c1-2-5-13(16(19)20)17-15(18)12-6-3-4-7-14(12)21-10-11-8-9-11/h3-4,6-7,11,13H,2,5,8-10H2,1H3,(H,17,18)(H,19,20). The molecule has 1 aromatic rings. The molecule has 1 unspecified atom stereocenters. The molecule has 0 heterocycles. The Morgan fingerprint density at radius 2 is 2.10 bits per heavy atom. The number of hydrogen-bond acceptors (Lipinski definition) is 3. The molecule has 21 heavy (non-hydrogen) atoms. The van der Waals surface area contributed by atoms with E-state index in [2.05, 4.69) is 5.32 Å². The third-order valence-electron chi connectivity index (χ3n) is 3.48. The summed E-state index contributed by atoms with van der Waals surface area (Å²) in [6.45, 7) is 2.50. The van der Waals surface area contributed by atoms with Crippen molar-refractivity contribution >= 4 is 11.9 Å². The van der Waals surface area contributed by atoms with Gasteiger partial charge in [0.15, 0.2) is 0 Å². The largest absolute Gasteiger partial charge is 0.492 e. The zero-order chi connectivity index (χ0) is 15.2. The molecule has 2 rings (SSSR count). The van der Waals surface area contributed by atoms with Crippen molar-refractivity contribution in [2.45, 2.75) is 38.6 Å². The first-order valence-electron chi connectivity index (χ1n) is 7.37. The lowest BCUT2D eigenvalue weighted by Gasteiger charge is -2.15. The molecule has 5 nitrogen and oxygen atoms in total. The van der Waals surface area contributed by atoms with Crippen LogP contribution < -0.4 is 10.1 Å². The Kier molecular flexibility index (Phi) is 5.20. The van der Waals surface area contributed by atoms with E-state index in [0.29, 0.717) is 36.7 Å². The molecule has 0 spiro atoms. The first-order valence-corrected chi connectivity index (χ1v) is 7.37. The highest BCUT2D eigenvalue weighted by molar-refractivity contribution is 5.98. The minimum atomic E-state index is -1.01. The Labute approximate surface area is 124 Å². The number of carboxylic acids is 1. The minimum absolute atomic E-state index is 0.389. The van der Waals surface area contributed by atoms with Crippen LogP contribution >= 0.6 is 0 Å². The van der Waals surface area contributed by atoms with Gasteiger partial charge in [0.1, 0.15) is 11.8 Å². The number of carbonyl (C=O) groups is 2. The average Bonchev–Trinajstić information content (AvgIpc) is 3.29. The molecule has 114 valence electrons. The van der Waals surface area contributed by atoms with E-state index in [1.54, 1.807) is 24.3 Å². The lowest BCUT2D eigenvalue weighted by Crippen LogP contribution is -2.40. The summed E-state index contributed by atoms with van der Waals surface area (Å²) in [6, 6.07) is 6.09. The SMILES string of the molecule is CCCC(NC(=O)c1ccccc1OCC1CC1)C(=O)O. The molecule has 0 aliphatic heterocycles. The average molecular weight is 291 g/mol. The van der Waals surface area contributed by atoms with Crippen molar-refractivity contribution < 1.29 is 19.4 Å². The highest BCUT2D eigenvalue weighted by Gasteiger charge is 2.24. The predicted octanol–water partition coefficient (Wildman–Crippen LogP) is 2.46. The van der Waals surface area contributed by atoms with Gasteiger partial charge in [0.05, 0.1) is 12.2 Å². The second-order valence-electron chi connectivity index (χ2n) is 5.40. The van der Waals surface area contributed by atoms with Gasteiger partial charge in [-0.2, -0.15) is 0 Å². The Bertz CT molecular complexity index is 511. The van der Waals surface area contributed by atoms with Crippen LogP contribution in [0.4, 0.5) is 0 Å². The molecule has 0 saturated heterocycles. The van der Waals surface area contributed by atoms with Crippen LogP contribution in [0.1, 0.15) is 43.0 Å². The maximum Gasteiger partial charge on any atom is 0.326 e. The maximum absolute atomic E-state index is 12.3. The topological polar surface area (TPSA) is 75.6 Å². The van der Waals surface area contributed by atoms with Gasteiger partial charge in [-0.25, -0.2) is 4.79 Å². The van der Waals surface area contributed by atoms with Crippen molar-refractivity contribution in [3.8, 4) is 5.75 Å². The molecule has 1 saturated carbocycles. The normalized spacial score (nSPS) is 15.3. The van der Waals surface area contributed by atoms with Crippen molar-refractivity contribution in [1.82, 2.24) is 5.32 Å². The summed E-state index contributed by atoms with van der Waals surface area (Å²) in [6.07, 6.45) is 3.45. The highest BCUT2D eigenvalue weighted by atomic mass is 16.5. The Morgan fingerprint density at radius 3 is 2.71 bits per heavy atom. The van der Waals surface area contributed by atoms with E-state index in [1.807, 2.05) is 6.92 Å². The summed E-state index contributed by atoms with van der Waals surface area (Å²) >= 11 is 0.